The van der Waals surface area contributed by atoms with Crippen molar-refractivity contribution in [3.8, 4) is 22.5 Å². The molecule has 1 fully saturated rings. The zero-order valence-corrected chi connectivity index (χ0v) is 20.8. The van der Waals surface area contributed by atoms with Gasteiger partial charge in [-0.05, 0) is 45.0 Å². The molecule has 0 saturated carbocycles. The van der Waals surface area contributed by atoms with E-state index in [1.165, 1.54) is 11.3 Å². The van der Waals surface area contributed by atoms with Gasteiger partial charge in [-0.15, -0.1) is 0 Å². The van der Waals surface area contributed by atoms with E-state index in [9.17, 15) is 0 Å². The number of rotatable bonds is 6. The molecule has 1 saturated heterocycles. The number of benzene rings is 1. The van der Waals surface area contributed by atoms with E-state index in [0.717, 1.165) is 72.1 Å². The average Bonchev–Trinajstić information content (AvgIpc) is 3.63. The van der Waals surface area contributed by atoms with Gasteiger partial charge in [0.1, 0.15) is 17.8 Å². The number of piperidine rings is 1. The lowest BCUT2D eigenvalue weighted by Gasteiger charge is -2.31. The third kappa shape index (κ3) is 4.15. The minimum atomic E-state index is 0.387. The first-order valence-electron chi connectivity index (χ1n) is 12.4. The van der Waals surface area contributed by atoms with Crippen LogP contribution in [0.3, 0.4) is 0 Å². The molecule has 1 N–H and O–H groups in total. The van der Waals surface area contributed by atoms with E-state index in [2.05, 4.69) is 69.3 Å². The summed E-state index contributed by atoms with van der Waals surface area (Å²) in [6, 6.07) is 14.6. The minimum Gasteiger partial charge on any atom is -0.372 e. The smallest absolute Gasteiger partial charge is 0.156 e. The van der Waals surface area contributed by atoms with Crippen LogP contribution in [0.5, 0.6) is 0 Å². The van der Waals surface area contributed by atoms with E-state index in [-0.39, 0.29) is 0 Å². The lowest BCUT2D eigenvalue weighted by Crippen LogP contribution is -2.33. The van der Waals surface area contributed by atoms with E-state index in [4.69, 9.17) is 14.7 Å². The fraction of sp³-hybridized carbons (Fsp3) is 0.333. The highest BCUT2D eigenvalue weighted by Crippen LogP contribution is 2.40. The first-order chi connectivity index (χ1) is 17.6. The van der Waals surface area contributed by atoms with Gasteiger partial charge < -0.3 is 9.84 Å². The molecule has 5 aromatic rings. The molecule has 0 unspecified atom stereocenters. The maximum Gasteiger partial charge on any atom is 0.156 e. The Morgan fingerprint density at radius 1 is 1.03 bits per heavy atom. The average molecular weight is 483 g/mol. The summed E-state index contributed by atoms with van der Waals surface area (Å²) < 4.78 is 8.93. The van der Waals surface area contributed by atoms with E-state index < -0.39 is 0 Å². The van der Waals surface area contributed by atoms with Gasteiger partial charge in [0.25, 0.3) is 0 Å². The van der Waals surface area contributed by atoms with E-state index in [0.29, 0.717) is 5.92 Å². The molecular formula is C27H30N8O. The lowest BCUT2D eigenvalue weighted by atomic mass is 9.88. The van der Waals surface area contributed by atoms with Crippen LogP contribution in [0.25, 0.3) is 28.2 Å². The van der Waals surface area contributed by atoms with Crippen LogP contribution < -0.4 is 5.32 Å². The highest BCUT2D eigenvalue weighted by molar-refractivity contribution is 5.82. The molecule has 9 nitrogen and oxygen atoms in total. The molecule has 1 aliphatic rings. The summed E-state index contributed by atoms with van der Waals surface area (Å²) in [6.07, 6.45) is 5.66. The number of hydrogen-bond acceptors (Lipinski definition) is 7. The lowest BCUT2D eigenvalue weighted by molar-refractivity contribution is 0.197. The molecule has 184 valence electrons. The van der Waals surface area contributed by atoms with Gasteiger partial charge in [-0.3, -0.25) is 9.58 Å². The van der Waals surface area contributed by atoms with Crippen LogP contribution >= 0.6 is 0 Å². The Labute approximate surface area is 209 Å². The Hall–Kier alpha value is -3.98. The van der Waals surface area contributed by atoms with Crippen LogP contribution in [-0.4, -0.2) is 54.6 Å². The van der Waals surface area contributed by atoms with Crippen molar-refractivity contribution < 1.29 is 4.52 Å². The molecule has 6 rings (SSSR count). The van der Waals surface area contributed by atoms with Crippen LogP contribution in [0.2, 0.25) is 0 Å². The summed E-state index contributed by atoms with van der Waals surface area (Å²) in [7, 11) is 3.93. The molecule has 1 aliphatic heterocycles. The summed E-state index contributed by atoms with van der Waals surface area (Å²) in [5, 5.41) is 17.2. The van der Waals surface area contributed by atoms with Crippen molar-refractivity contribution in [3.63, 3.8) is 0 Å². The summed E-state index contributed by atoms with van der Waals surface area (Å²) >= 11 is 0. The second kappa shape index (κ2) is 9.23. The molecule has 1 aromatic carbocycles. The van der Waals surface area contributed by atoms with Crippen molar-refractivity contribution >= 4 is 11.5 Å². The second-order valence-corrected chi connectivity index (χ2v) is 9.54. The summed E-state index contributed by atoms with van der Waals surface area (Å²) in [6.45, 7) is 4.93. The van der Waals surface area contributed by atoms with E-state index >= 15 is 0 Å². The van der Waals surface area contributed by atoms with Gasteiger partial charge in [0, 0.05) is 38.2 Å². The SMILES string of the molecule is CNc1cn2nc(-c3c(-c4ccc(C)cc4)nn(C)c3C3CCN(Cc4ccon4)CC3)ccc2n1. The molecule has 0 radical (unpaired) electrons. The Balaban J connectivity index is 1.39. The Morgan fingerprint density at radius 2 is 1.83 bits per heavy atom. The Bertz CT molecular complexity index is 1470. The van der Waals surface area contributed by atoms with Crippen LogP contribution in [-0.2, 0) is 13.6 Å². The monoisotopic (exact) mass is 482 g/mol. The zero-order valence-electron chi connectivity index (χ0n) is 20.8. The largest absolute Gasteiger partial charge is 0.372 e. The van der Waals surface area contributed by atoms with Crippen molar-refractivity contribution in [2.75, 3.05) is 25.5 Å². The number of nitrogens with zero attached hydrogens (tertiary/aromatic N) is 7. The van der Waals surface area contributed by atoms with Crippen molar-refractivity contribution in [3.05, 3.63) is 71.9 Å². The van der Waals surface area contributed by atoms with Gasteiger partial charge in [0.05, 0.1) is 28.8 Å². The molecule has 0 bridgehead atoms. The molecule has 36 heavy (non-hydrogen) atoms. The normalized spacial score (nSPS) is 15.1. The molecular weight excluding hydrogens is 452 g/mol. The topological polar surface area (TPSA) is 89.3 Å². The van der Waals surface area contributed by atoms with Crippen LogP contribution in [0.15, 0.2) is 59.4 Å². The summed E-state index contributed by atoms with van der Waals surface area (Å²) in [4.78, 5) is 7.01. The maximum absolute atomic E-state index is 5.05. The molecule has 0 spiro atoms. The number of imidazole rings is 1. The number of anilines is 1. The number of aromatic nitrogens is 6. The number of likely N-dealkylation sites (tertiary alicyclic amines) is 1. The molecule has 0 aliphatic carbocycles. The van der Waals surface area contributed by atoms with Gasteiger partial charge in [-0.2, -0.15) is 10.2 Å². The maximum atomic E-state index is 5.05. The quantitative estimate of drug-likeness (QED) is 0.381. The van der Waals surface area contributed by atoms with Crippen molar-refractivity contribution in [2.24, 2.45) is 7.05 Å². The summed E-state index contributed by atoms with van der Waals surface area (Å²) in [5.41, 5.74) is 8.36. The standard InChI is InChI=1S/C27H30N8O/c1-18-4-6-19(7-5-18)26-25(22-8-9-24-29-23(28-2)17-35(24)30-22)27(33(3)31-26)20-10-13-34(14-11-20)16-21-12-15-36-32-21/h4-9,12,15,17,20,28H,10-11,13-14,16H2,1-3H3. The number of fused-ring (bicyclic) bond motifs is 1. The first kappa shape index (κ1) is 22.5. The molecule has 0 atom stereocenters. The van der Waals surface area contributed by atoms with Crippen LogP contribution in [0, 0.1) is 6.92 Å². The van der Waals surface area contributed by atoms with Crippen LogP contribution in [0.1, 0.15) is 35.7 Å². The van der Waals surface area contributed by atoms with Crippen molar-refractivity contribution in [2.45, 2.75) is 32.2 Å². The second-order valence-electron chi connectivity index (χ2n) is 9.54. The predicted octanol–water partition coefficient (Wildman–Crippen LogP) is 4.51. The zero-order chi connectivity index (χ0) is 24.6. The number of hydrogen-bond donors (Lipinski definition) is 1. The predicted molar refractivity (Wildman–Crippen MR) is 139 cm³/mol. The third-order valence-electron chi connectivity index (χ3n) is 7.10. The number of aryl methyl sites for hydroxylation is 2. The highest BCUT2D eigenvalue weighted by Gasteiger charge is 2.30. The molecule has 9 heteroatoms. The molecule has 4 aromatic heterocycles. The van der Waals surface area contributed by atoms with E-state index in [1.807, 2.05) is 29.9 Å². The van der Waals surface area contributed by atoms with Gasteiger partial charge in [-0.25, -0.2) is 9.50 Å². The fourth-order valence-electron chi connectivity index (χ4n) is 5.22. The van der Waals surface area contributed by atoms with Crippen LogP contribution in [0.4, 0.5) is 5.82 Å². The van der Waals surface area contributed by atoms with Crippen molar-refractivity contribution in [1.29, 1.82) is 0 Å². The minimum absolute atomic E-state index is 0.387. The third-order valence-corrected chi connectivity index (χ3v) is 7.10. The van der Waals surface area contributed by atoms with Crippen molar-refractivity contribution in [1.82, 2.24) is 34.4 Å². The van der Waals surface area contributed by atoms with Gasteiger partial charge in [-0.1, -0.05) is 35.0 Å². The molecule has 5 heterocycles. The fourth-order valence-corrected chi connectivity index (χ4v) is 5.22. The van der Waals surface area contributed by atoms with Gasteiger partial charge in [0.15, 0.2) is 5.65 Å². The first-order valence-corrected chi connectivity index (χ1v) is 12.4. The van der Waals surface area contributed by atoms with E-state index in [1.54, 1.807) is 6.26 Å². The van der Waals surface area contributed by atoms with Gasteiger partial charge >= 0.3 is 0 Å². The summed E-state index contributed by atoms with van der Waals surface area (Å²) in [5.74, 6) is 1.18. The highest BCUT2D eigenvalue weighted by atomic mass is 16.5. The number of nitrogens with one attached hydrogen (secondary N) is 1. The Kier molecular flexibility index (Phi) is 5.77. The molecule has 0 amide bonds. The van der Waals surface area contributed by atoms with Gasteiger partial charge in [0.2, 0.25) is 0 Å². The Morgan fingerprint density at radius 3 is 2.56 bits per heavy atom.